The van der Waals surface area contributed by atoms with E-state index >= 15 is 0 Å². The van der Waals surface area contributed by atoms with Crippen LogP contribution in [0.1, 0.15) is 51.9 Å². The number of unbranched alkanes of at least 4 members (excludes halogenated alkanes) is 3. The molecule has 0 aromatic carbocycles. The number of hydrogen-bond acceptors (Lipinski definition) is 2. The van der Waals surface area contributed by atoms with E-state index in [1.807, 2.05) is 0 Å². The molecule has 20 heavy (non-hydrogen) atoms. The summed E-state index contributed by atoms with van der Waals surface area (Å²) in [5.41, 5.74) is 0. The molecule has 1 atom stereocenters. The molecule has 0 spiro atoms. The van der Waals surface area contributed by atoms with Crippen LogP contribution in [0.5, 0.6) is 0 Å². The van der Waals surface area contributed by atoms with Crippen molar-refractivity contribution >= 4 is 6.03 Å². The average Bonchev–Trinajstić information content (AvgIpc) is 2.49. The highest BCUT2D eigenvalue weighted by Gasteiger charge is 2.15. The van der Waals surface area contributed by atoms with Crippen molar-refractivity contribution in [2.75, 3.05) is 26.2 Å². The van der Waals surface area contributed by atoms with Crippen LogP contribution in [0.15, 0.2) is 12.2 Å². The third-order valence-corrected chi connectivity index (χ3v) is 3.86. The molecule has 1 aliphatic rings. The van der Waals surface area contributed by atoms with Crippen molar-refractivity contribution in [3.63, 3.8) is 0 Å². The maximum atomic E-state index is 12.1. The van der Waals surface area contributed by atoms with Crippen LogP contribution in [0.4, 0.5) is 4.79 Å². The van der Waals surface area contributed by atoms with Crippen LogP contribution in [-0.4, -0.2) is 42.3 Å². The van der Waals surface area contributed by atoms with Gasteiger partial charge >= 0.3 is 6.03 Å². The number of rotatable bonds is 9. The van der Waals surface area contributed by atoms with E-state index in [1.54, 1.807) is 4.90 Å². The maximum absolute atomic E-state index is 12.1. The fourth-order valence-electron chi connectivity index (χ4n) is 2.55. The van der Waals surface area contributed by atoms with E-state index in [1.165, 1.54) is 12.8 Å². The van der Waals surface area contributed by atoms with Crippen molar-refractivity contribution in [1.29, 1.82) is 0 Å². The Labute approximate surface area is 123 Å². The molecule has 1 aliphatic carbocycles. The highest BCUT2D eigenvalue weighted by Crippen LogP contribution is 2.16. The van der Waals surface area contributed by atoms with E-state index in [0.717, 1.165) is 45.2 Å². The summed E-state index contributed by atoms with van der Waals surface area (Å²) in [5, 5.41) is 12.1. The van der Waals surface area contributed by atoms with Gasteiger partial charge in [0.15, 0.2) is 0 Å². The monoisotopic (exact) mass is 282 g/mol. The zero-order valence-electron chi connectivity index (χ0n) is 12.8. The van der Waals surface area contributed by atoms with Gasteiger partial charge in [0.25, 0.3) is 0 Å². The van der Waals surface area contributed by atoms with Crippen LogP contribution in [0.25, 0.3) is 0 Å². The number of urea groups is 1. The lowest BCUT2D eigenvalue weighted by Crippen LogP contribution is -2.43. The summed E-state index contributed by atoms with van der Waals surface area (Å²) >= 11 is 0. The van der Waals surface area contributed by atoms with E-state index in [0.29, 0.717) is 12.5 Å². The zero-order chi connectivity index (χ0) is 14.6. The van der Waals surface area contributed by atoms with Gasteiger partial charge in [-0.15, -0.1) is 0 Å². The maximum Gasteiger partial charge on any atom is 0.317 e. The van der Waals surface area contributed by atoms with Gasteiger partial charge in [-0.1, -0.05) is 38.3 Å². The predicted octanol–water partition coefficient (Wildman–Crippen LogP) is 2.93. The second-order valence-corrected chi connectivity index (χ2v) is 5.61. The Morgan fingerprint density at radius 2 is 2.15 bits per heavy atom. The summed E-state index contributed by atoms with van der Waals surface area (Å²) in [5.74, 6) is 0.569. The molecule has 0 saturated heterocycles. The first-order valence-electron chi connectivity index (χ1n) is 8.06. The first-order chi connectivity index (χ1) is 9.77. The topological polar surface area (TPSA) is 52.6 Å². The number of aliphatic hydroxyl groups is 1. The number of aliphatic hydroxyl groups excluding tert-OH is 1. The van der Waals surface area contributed by atoms with Crippen molar-refractivity contribution in [1.82, 2.24) is 10.2 Å². The number of nitrogens with one attached hydrogen (secondary N) is 1. The van der Waals surface area contributed by atoms with E-state index in [9.17, 15) is 4.79 Å². The molecule has 116 valence electrons. The lowest BCUT2D eigenvalue weighted by atomic mass is 9.94. The quantitative estimate of drug-likeness (QED) is 0.504. The Balaban J connectivity index is 2.25. The molecular weight excluding hydrogens is 252 g/mol. The molecule has 0 bridgehead atoms. The second kappa shape index (κ2) is 10.7. The third-order valence-electron chi connectivity index (χ3n) is 3.86. The number of amides is 2. The fourth-order valence-corrected chi connectivity index (χ4v) is 2.55. The molecule has 4 nitrogen and oxygen atoms in total. The van der Waals surface area contributed by atoms with Crippen molar-refractivity contribution < 1.29 is 9.90 Å². The van der Waals surface area contributed by atoms with E-state index < -0.39 is 0 Å². The van der Waals surface area contributed by atoms with E-state index in [2.05, 4.69) is 24.4 Å². The van der Waals surface area contributed by atoms with Crippen LogP contribution < -0.4 is 5.32 Å². The normalized spacial score (nSPS) is 18.0. The summed E-state index contributed by atoms with van der Waals surface area (Å²) in [7, 11) is 0. The van der Waals surface area contributed by atoms with Gasteiger partial charge in [-0.25, -0.2) is 4.79 Å². The highest BCUT2D eigenvalue weighted by atomic mass is 16.3. The number of carbonyl (C=O) groups is 1. The Bertz CT molecular complexity index is 292. The third kappa shape index (κ3) is 6.94. The SMILES string of the molecule is CCCCCCN(CCO)C(=O)NCC1CC=CCC1. The second-order valence-electron chi connectivity index (χ2n) is 5.61. The van der Waals surface area contributed by atoms with Crippen LogP contribution >= 0.6 is 0 Å². The summed E-state index contributed by atoms with van der Waals surface area (Å²) < 4.78 is 0. The Morgan fingerprint density at radius 3 is 2.80 bits per heavy atom. The van der Waals surface area contributed by atoms with Gasteiger partial charge in [0.2, 0.25) is 0 Å². The minimum absolute atomic E-state index is 0.0231. The molecule has 0 aromatic heterocycles. The molecule has 2 amide bonds. The van der Waals surface area contributed by atoms with Crippen LogP contribution in [-0.2, 0) is 0 Å². The number of hydrogen-bond donors (Lipinski definition) is 2. The van der Waals surface area contributed by atoms with Gasteiger partial charge in [-0.2, -0.15) is 0 Å². The van der Waals surface area contributed by atoms with Crippen LogP contribution in [0, 0.1) is 5.92 Å². The molecule has 1 rings (SSSR count). The molecule has 0 radical (unpaired) electrons. The van der Waals surface area contributed by atoms with Gasteiger partial charge in [-0.05, 0) is 31.6 Å². The van der Waals surface area contributed by atoms with Crippen LogP contribution in [0.3, 0.4) is 0 Å². The van der Waals surface area contributed by atoms with Crippen molar-refractivity contribution in [3.05, 3.63) is 12.2 Å². The summed E-state index contributed by atoms with van der Waals surface area (Å²) in [6, 6.07) is -0.0231. The Hall–Kier alpha value is -1.03. The molecule has 0 fully saturated rings. The molecule has 0 aliphatic heterocycles. The summed E-state index contributed by atoms with van der Waals surface area (Å²) in [6.07, 6.45) is 12.3. The smallest absolute Gasteiger partial charge is 0.317 e. The first kappa shape index (κ1) is 17.0. The minimum Gasteiger partial charge on any atom is -0.395 e. The average molecular weight is 282 g/mol. The summed E-state index contributed by atoms with van der Waals surface area (Å²) in [6.45, 7) is 4.14. The molecular formula is C16H30N2O2. The predicted molar refractivity (Wildman–Crippen MR) is 82.7 cm³/mol. The number of carbonyl (C=O) groups excluding carboxylic acids is 1. The van der Waals surface area contributed by atoms with E-state index in [4.69, 9.17) is 5.11 Å². The van der Waals surface area contributed by atoms with Crippen molar-refractivity contribution in [2.24, 2.45) is 5.92 Å². The van der Waals surface area contributed by atoms with Gasteiger partial charge in [0, 0.05) is 19.6 Å². The largest absolute Gasteiger partial charge is 0.395 e. The molecule has 0 heterocycles. The van der Waals surface area contributed by atoms with Gasteiger partial charge in [0.05, 0.1) is 6.61 Å². The zero-order valence-corrected chi connectivity index (χ0v) is 12.8. The van der Waals surface area contributed by atoms with Crippen LogP contribution in [0.2, 0.25) is 0 Å². The van der Waals surface area contributed by atoms with Gasteiger partial charge < -0.3 is 15.3 Å². The first-order valence-corrected chi connectivity index (χ1v) is 8.06. The Kier molecular flexibility index (Phi) is 9.13. The van der Waals surface area contributed by atoms with Gasteiger partial charge in [0.1, 0.15) is 0 Å². The van der Waals surface area contributed by atoms with Gasteiger partial charge in [-0.3, -0.25) is 0 Å². The highest BCUT2D eigenvalue weighted by molar-refractivity contribution is 5.74. The number of nitrogens with zero attached hydrogens (tertiary/aromatic N) is 1. The molecule has 2 N–H and O–H groups in total. The molecule has 0 saturated carbocycles. The number of allylic oxidation sites excluding steroid dienone is 2. The molecule has 0 aromatic rings. The van der Waals surface area contributed by atoms with E-state index in [-0.39, 0.29) is 12.6 Å². The Morgan fingerprint density at radius 1 is 1.30 bits per heavy atom. The lowest BCUT2D eigenvalue weighted by molar-refractivity contribution is 0.174. The molecule has 1 unspecified atom stereocenters. The minimum atomic E-state index is -0.0231. The molecule has 4 heteroatoms. The fraction of sp³-hybridized carbons (Fsp3) is 0.812. The van der Waals surface area contributed by atoms with Crippen molar-refractivity contribution in [3.8, 4) is 0 Å². The summed E-state index contributed by atoms with van der Waals surface area (Å²) in [4.78, 5) is 13.9. The standard InChI is InChI=1S/C16H30N2O2/c1-2-3-4-8-11-18(12-13-19)16(20)17-14-15-9-6-5-7-10-15/h5-6,15,19H,2-4,7-14H2,1H3,(H,17,20). The van der Waals surface area contributed by atoms with Crippen molar-refractivity contribution in [2.45, 2.75) is 51.9 Å². The lowest BCUT2D eigenvalue weighted by Gasteiger charge is -2.24.